The topological polar surface area (TPSA) is 99.8 Å². The van der Waals surface area contributed by atoms with Crippen LogP contribution in [0, 0.1) is 5.92 Å². The molecule has 2 unspecified atom stereocenters. The van der Waals surface area contributed by atoms with Crippen LogP contribution in [0.1, 0.15) is 34.3 Å². The first-order valence-corrected chi connectivity index (χ1v) is 9.88. The lowest BCUT2D eigenvalue weighted by molar-refractivity contribution is -0.136. The first kappa shape index (κ1) is 19.0. The van der Waals surface area contributed by atoms with E-state index in [1.54, 1.807) is 4.90 Å². The van der Waals surface area contributed by atoms with Crippen molar-refractivity contribution in [3.63, 3.8) is 0 Å². The number of nitrogens with one attached hydrogen (secondary N) is 3. The summed E-state index contributed by atoms with van der Waals surface area (Å²) in [5, 5.41) is 9.19. The minimum Gasteiger partial charge on any atom is -0.380 e. The lowest BCUT2D eigenvalue weighted by Gasteiger charge is -2.29. The molecule has 0 saturated carbocycles. The Morgan fingerprint density at radius 1 is 1.25 bits per heavy atom. The van der Waals surface area contributed by atoms with E-state index in [1.807, 2.05) is 18.2 Å². The lowest BCUT2D eigenvalue weighted by atomic mass is 10.0. The largest absolute Gasteiger partial charge is 0.380 e. The van der Waals surface area contributed by atoms with Gasteiger partial charge in [0.1, 0.15) is 6.04 Å². The van der Waals surface area contributed by atoms with Crippen LogP contribution in [0.5, 0.6) is 0 Å². The Kier molecular flexibility index (Phi) is 5.70. The van der Waals surface area contributed by atoms with Crippen LogP contribution in [-0.4, -0.2) is 61.5 Å². The fourth-order valence-electron chi connectivity index (χ4n) is 4.12. The number of piperidine rings is 1. The van der Waals surface area contributed by atoms with Crippen LogP contribution in [0.15, 0.2) is 18.2 Å². The van der Waals surface area contributed by atoms with E-state index in [2.05, 4.69) is 16.0 Å². The zero-order valence-electron chi connectivity index (χ0n) is 15.8. The molecule has 2 saturated heterocycles. The van der Waals surface area contributed by atoms with Gasteiger partial charge in [0.2, 0.25) is 11.8 Å². The third-order valence-electron chi connectivity index (χ3n) is 5.64. The molecule has 0 spiro atoms. The molecule has 2 fully saturated rings. The molecule has 1 aromatic rings. The maximum absolute atomic E-state index is 12.9. The minimum absolute atomic E-state index is 0.132. The summed E-state index contributed by atoms with van der Waals surface area (Å²) in [7, 11) is 0. The summed E-state index contributed by atoms with van der Waals surface area (Å²) in [4.78, 5) is 38.0. The van der Waals surface area contributed by atoms with Gasteiger partial charge in [-0.15, -0.1) is 0 Å². The summed E-state index contributed by atoms with van der Waals surface area (Å²) in [5.74, 6) is -0.362. The van der Waals surface area contributed by atoms with Crippen molar-refractivity contribution < 1.29 is 19.1 Å². The summed E-state index contributed by atoms with van der Waals surface area (Å²) in [6.45, 7) is 5.22. The Morgan fingerprint density at radius 3 is 3.00 bits per heavy atom. The van der Waals surface area contributed by atoms with E-state index >= 15 is 0 Å². The van der Waals surface area contributed by atoms with Crippen molar-refractivity contribution >= 4 is 17.7 Å². The van der Waals surface area contributed by atoms with Crippen LogP contribution < -0.4 is 16.0 Å². The van der Waals surface area contributed by atoms with Gasteiger partial charge < -0.3 is 20.3 Å². The van der Waals surface area contributed by atoms with Gasteiger partial charge in [-0.1, -0.05) is 12.1 Å². The maximum Gasteiger partial charge on any atom is 0.255 e. The van der Waals surface area contributed by atoms with Gasteiger partial charge in [0, 0.05) is 50.6 Å². The number of hydrogen-bond donors (Lipinski definition) is 3. The second-order valence-electron chi connectivity index (χ2n) is 7.62. The highest BCUT2D eigenvalue weighted by Crippen LogP contribution is 2.29. The second kappa shape index (κ2) is 8.38. The molecule has 3 amide bonds. The second-order valence-corrected chi connectivity index (χ2v) is 7.62. The lowest BCUT2D eigenvalue weighted by Crippen LogP contribution is -2.52. The van der Waals surface area contributed by atoms with Crippen molar-refractivity contribution in [2.24, 2.45) is 5.92 Å². The van der Waals surface area contributed by atoms with E-state index in [0.717, 1.165) is 44.0 Å². The van der Waals surface area contributed by atoms with Gasteiger partial charge >= 0.3 is 0 Å². The van der Waals surface area contributed by atoms with Crippen LogP contribution in [0.2, 0.25) is 0 Å². The van der Waals surface area contributed by atoms with Crippen molar-refractivity contribution in [1.82, 2.24) is 20.9 Å². The summed E-state index contributed by atoms with van der Waals surface area (Å²) < 4.78 is 5.58. The molecule has 3 aliphatic heterocycles. The number of ether oxygens (including phenoxy) is 1. The van der Waals surface area contributed by atoms with E-state index in [0.29, 0.717) is 31.0 Å². The van der Waals surface area contributed by atoms with Crippen LogP contribution in [0.25, 0.3) is 0 Å². The summed E-state index contributed by atoms with van der Waals surface area (Å²) in [6.07, 6.45) is 0.648. The predicted octanol–water partition coefficient (Wildman–Crippen LogP) is -0.227. The molecule has 0 bridgehead atoms. The normalized spacial score (nSPS) is 25.4. The average molecular weight is 386 g/mol. The van der Waals surface area contributed by atoms with E-state index in [4.69, 9.17) is 4.74 Å². The Labute approximate surface area is 164 Å². The zero-order chi connectivity index (χ0) is 19.5. The van der Waals surface area contributed by atoms with Crippen molar-refractivity contribution in [1.29, 1.82) is 0 Å². The molecule has 3 aliphatic rings. The first-order valence-electron chi connectivity index (χ1n) is 9.88. The SMILES string of the molecule is O=C1CCC(N2Cc3c(CNCC4CNCCOC4)cccc3C2=O)C(=O)N1. The number of benzene rings is 1. The standard InChI is InChI=1S/C20H26N4O4/c25-18-5-4-17(19(26)23-18)24-11-16-14(2-1-3-15(16)20(24)27)10-22-9-13-8-21-6-7-28-12-13/h1-3,13,17,21-22H,4-12H2,(H,23,25,26). The molecule has 0 radical (unpaired) electrons. The molecular formula is C20H26N4O4. The molecule has 28 heavy (non-hydrogen) atoms. The highest BCUT2D eigenvalue weighted by atomic mass is 16.5. The highest BCUT2D eigenvalue weighted by Gasteiger charge is 2.39. The molecule has 4 rings (SSSR count). The molecule has 150 valence electrons. The Bertz CT molecular complexity index is 773. The fourth-order valence-corrected chi connectivity index (χ4v) is 4.12. The number of imide groups is 1. The number of carbonyl (C=O) groups excluding carboxylic acids is 3. The van der Waals surface area contributed by atoms with Gasteiger partial charge in [0.05, 0.1) is 13.2 Å². The minimum atomic E-state index is -0.576. The number of rotatable bonds is 5. The number of nitrogens with zero attached hydrogens (tertiary/aromatic N) is 1. The van der Waals surface area contributed by atoms with Gasteiger partial charge in [0.25, 0.3) is 5.91 Å². The number of carbonyl (C=O) groups is 3. The average Bonchev–Trinajstić information content (AvgIpc) is 2.85. The van der Waals surface area contributed by atoms with Gasteiger partial charge in [-0.05, 0) is 23.6 Å². The van der Waals surface area contributed by atoms with E-state index in [9.17, 15) is 14.4 Å². The molecule has 0 aromatic heterocycles. The summed E-state index contributed by atoms with van der Waals surface area (Å²) in [5.41, 5.74) is 2.70. The van der Waals surface area contributed by atoms with Gasteiger partial charge in [-0.25, -0.2) is 0 Å². The van der Waals surface area contributed by atoms with Crippen LogP contribution in [0.4, 0.5) is 0 Å². The van der Waals surface area contributed by atoms with Crippen molar-refractivity contribution in [2.75, 3.05) is 32.8 Å². The number of fused-ring (bicyclic) bond motifs is 1. The Hall–Kier alpha value is -2.29. The Balaban J connectivity index is 1.41. The van der Waals surface area contributed by atoms with Gasteiger partial charge in [-0.2, -0.15) is 0 Å². The third kappa shape index (κ3) is 3.94. The third-order valence-corrected chi connectivity index (χ3v) is 5.64. The Morgan fingerprint density at radius 2 is 2.14 bits per heavy atom. The summed E-state index contributed by atoms with van der Waals surface area (Å²) in [6, 6.07) is 5.15. The van der Waals surface area contributed by atoms with Gasteiger partial charge in [-0.3, -0.25) is 19.7 Å². The quantitative estimate of drug-likeness (QED) is 0.605. The van der Waals surface area contributed by atoms with E-state index < -0.39 is 6.04 Å². The molecule has 8 nitrogen and oxygen atoms in total. The maximum atomic E-state index is 12.9. The number of hydrogen-bond acceptors (Lipinski definition) is 6. The number of amides is 3. The van der Waals surface area contributed by atoms with Gasteiger partial charge in [0.15, 0.2) is 0 Å². The van der Waals surface area contributed by atoms with Crippen molar-refractivity contribution in [2.45, 2.75) is 32.0 Å². The summed E-state index contributed by atoms with van der Waals surface area (Å²) >= 11 is 0. The van der Waals surface area contributed by atoms with E-state index in [1.165, 1.54) is 0 Å². The molecule has 3 N–H and O–H groups in total. The van der Waals surface area contributed by atoms with Crippen LogP contribution in [0.3, 0.4) is 0 Å². The van der Waals surface area contributed by atoms with Crippen molar-refractivity contribution in [3.8, 4) is 0 Å². The fraction of sp³-hybridized carbons (Fsp3) is 0.550. The molecule has 0 aliphatic carbocycles. The molecule has 1 aromatic carbocycles. The molecule has 2 atom stereocenters. The molecular weight excluding hydrogens is 360 g/mol. The predicted molar refractivity (Wildman–Crippen MR) is 101 cm³/mol. The highest BCUT2D eigenvalue weighted by molar-refractivity contribution is 6.05. The van der Waals surface area contributed by atoms with Crippen LogP contribution >= 0.6 is 0 Å². The zero-order valence-corrected chi connectivity index (χ0v) is 15.8. The van der Waals surface area contributed by atoms with E-state index in [-0.39, 0.29) is 24.1 Å². The smallest absolute Gasteiger partial charge is 0.255 e. The first-order chi connectivity index (χ1) is 13.6. The molecule has 3 heterocycles. The van der Waals surface area contributed by atoms with Crippen molar-refractivity contribution in [3.05, 3.63) is 34.9 Å². The monoisotopic (exact) mass is 386 g/mol. The molecule has 8 heteroatoms. The van der Waals surface area contributed by atoms with Crippen LogP contribution in [-0.2, 0) is 27.4 Å².